The summed E-state index contributed by atoms with van der Waals surface area (Å²) in [6.45, 7) is 0.329. The average molecular weight is 414 g/mol. The van der Waals surface area contributed by atoms with Crippen LogP contribution in [0.2, 0.25) is 0 Å². The molecule has 0 unspecified atom stereocenters. The number of aromatic nitrogens is 1. The number of halogens is 1. The van der Waals surface area contributed by atoms with Gasteiger partial charge in [-0.15, -0.1) is 0 Å². The first-order chi connectivity index (χ1) is 15.1. The van der Waals surface area contributed by atoms with Gasteiger partial charge in [0.2, 0.25) is 0 Å². The van der Waals surface area contributed by atoms with Gasteiger partial charge in [0.15, 0.2) is 11.5 Å². The summed E-state index contributed by atoms with van der Waals surface area (Å²) in [5.41, 5.74) is 8.94. The monoisotopic (exact) mass is 414 g/mol. The zero-order chi connectivity index (χ0) is 21.8. The first-order valence-electron chi connectivity index (χ1n) is 9.49. The third-order valence-corrected chi connectivity index (χ3v) is 4.79. The number of nitriles is 1. The SMILES string of the molecule is COc1ccc2c(Nc3ccc(C#N)cc3F)c(N)cnc2c1OCc1ccccc1. The molecule has 0 amide bonds. The predicted octanol–water partition coefficient (Wildman–Crippen LogP) is 5.16. The number of nitrogen functional groups attached to an aromatic ring is 1. The number of fused-ring (bicyclic) bond motifs is 1. The fourth-order valence-electron chi connectivity index (χ4n) is 3.23. The van der Waals surface area contributed by atoms with Crippen LogP contribution >= 0.6 is 0 Å². The molecule has 4 aromatic rings. The van der Waals surface area contributed by atoms with Crippen molar-refractivity contribution < 1.29 is 13.9 Å². The molecule has 0 bridgehead atoms. The third kappa shape index (κ3) is 4.05. The summed E-state index contributed by atoms with van der Waals surface area (Å²) < 4.78 is 26.0. The van der Waals surface area contributed by atoms with E-state index in [0.29, 0.717) is 40.4 Å². The second kappa shape index (κ2) is 8.59. The minimum atomic E-state index is -0.558. The van der Waals surface area contributed by atoms with Crippen molar-refractivity contribution in [1.29, 1.82) is 5.26 Å². The quantitative estimate of drug-likeness (QED) is 0.453. The number of methoxy groups -OCH3 is 1. The number of rotatable bonds is 6. The van der Waals surface area contributed by atoms with Crippen LogP contribution in [-0.4, -0.2) is 12.1 Å². The Morgan fingerprint density at radius 1 is 1.13 bits per heavy atom. The Kier molecular flexibility index (Phi) is 5.54. The van der Waals surface area contributed by atoms with Crippen molar-refractivity contribution in [2.45, 2.75) is 6.61 Å². The summed E-state index contributed by atoms with van der Waals surface area (Å²) in [4.78, 5) is 4.45. The number of hydrogen-bond donors (Lipinski definition) is 2. The van der Waals surface area contributed by atoms with Gasteiger partial charge in [0.25, 0.3) is 0 Å². The summed E-state index contributed by atoms with van der Waals surface area (Å²) >= 11 is 0. The zero-order valence-electron chi connectivity index (χ0n) is 16.7. The van der Waals surface area contributed by atoms with Crippen molar-refractivity contribution in [1.82, 2.24) is 4.98 Å². The van der Waals surface area contributed by atoms with Crippen molar-refractivity contribution in [3.8, 4) is 17.6 Å². The third-order valence-electron chi connectivity index (χ3n) is 4.79. The number of pyridine rings is 1. The highest BCUT2D eigenvalue weighted by molar-refractivity contribution is 6.02. The highest BCUT2D eigenvalue weighted by atomic mass is 19.1. The lowest BCUT2D eigenvalue weighted by Gasteiger charge is -2.17. The standard InChI is InChI=1S/C24H19FN4O2/c1-30-21-10-8-17-22(29-20-9-7-16(12-26)11-18(20)25)19(27)13-28-23(17)24(21)31-14-15-5-3-2-4-6-15/h2-11,13H,14,27H2,1H3,(H,28,29). The van der Waals surface area contributed by atoms with E-state index < -0.39 is 5.82 Å². The van der Waals surface area contributed by atoms with E-state index in [2.05, 4.69) is 10.3 Å². The maximum absolute atomic E-state index is 14.4. The Morgan fingerprint density at radius 2 is 1.94 bits per heavy atom. The molecule has 1 aromatic heterocycles. The molecule has 0 radical (unpaired) electrons. The van der Waals surface area contributed by atoms with Crippen LogP contribution in [0.5, 0.6) is 11.5 Å². The van der Waals surface area contributed by atoms with Crippen molar-refractivity contribution in [3.05, 3.63) is 83.8 Å². The first kappa shape index (κ1) is 20.0. The molecule has 1 heterocycles. The van der Waals surface area contributed by atoms with Gasteiger partial charge >= 0.3 is 0 Å². The largest absolute Gasteiger partial charge is 0.493 e. The second-order valence-electron chi connectivity index (χ2n) is 6.79. The van der Waals surface area contributed by atoms with Crippen molar-refractivity contribution >= 4 is 28.0 Å². The van der Waals surface area contributed by atoms with E-state index in [-0.39, 0.29) is 11.3 Å². The summed E-state index contributed by atoms with van der Waals surface area (Å²) in [7, 11) is 1.55. The van der Waals surface area contributed by atoms with Crippen LogP contribution < -0.4 is 20.5 Å². The normalized spacial score (nSPS) is 10.5. The highest BCUT2D eigenvalue weighted by Crippen LogP contribution is 2.40. The van der Waals surface area contributed by atoms with Gasteiger partial charge in [0.1, 0.15) is 17.9 Å². The van der Waals surface area contributed by atoms with E-state index in [4.69, 9.17) is 20.5 Å². The minimum Gasteiger partial charge on any atom is -0.493 e. The molecule has 154 valence electrons. The molecule has 4 rings (SSSR count). The smallest absolute Gasteiger partial charge is 0.187 e. The topological polar surface area (TPSA) is 93.2 Å². The van der Waals surface area contributed by atoms with Crippen LogP contribution in [0.1, 0.15) is 11.1 Å². The van der Waals surface area contributed by atoms with E-state index in [9.17, 15) is 4.39 Å². The van der Waals surface area contributed by atoms with Gasteiger partial charge in [0.05, 0.1) is 42.0 Å². The van der Waals surface area contributed by atoms with Crippen LogP contribution in [0.15, 0.2) is 66.9 Å². The lowest BCUT2D eigenvalue weighted by atomic mass is 10.1. The van der Waals surface area contributed by atoms with Crippen molar-refractivity contribution in [3.63, 3.8) is 0 Å². The summed E-state index contributed by atoms with van der Waals surface area (Å²) in [6, 6.07) is 19.4. The van der Waals surface area contributed by atoms with Crippen LogP contribution in [-0.2, 0) is 6.61 Å². The number of hydrogen-bond acceptors (Lipinski definition) is 6. The van der Waals surface area contributed by atoms with E-state index in [0.717, 1.165) is 5.56 Å². The molecular formula is C24H19FN4O2. The highest BCUT2D eigenvalue weighted by Gasteiger charge is 2.17. The second-order valence-corrected chi connectivity index (χ2v) is 6.79. The van der Waals surface area contributed by atoms with E-state index in [1.165, 1.54) is 24.4 Å². The average Bonchev–Trinajstić information content (AvgIpc) is 2.80. The Hall–Kier alpha value is -4.31. The van der Waals surface area contributed by atoms with Gasteiger partial charge in [0, 0.05) is 5.39 Å². The molecule has 3 N–H and O–H groups in total. The van der Waals surface area contributed by atoms with Crippen LogP contribution in [0.4, 0.5) is 21.5 Å². The molecule has 31 heavy (non-hydrogen) atoms. The van der Waals surface area contributed by atoms with Gasteiger partial charge in [-0.1, -0.05) is 30.3 Å². The molecule has 6 nitrogen and oxygen atoms in total. The molecule has 7 heteroatoms. The molecule has 0 fully saturated rings. The molecule has 3 aromatic carbocycles. The number of nitrogens with two attached hydrogens (primary N) is 1. The van der Waals surface area contributed by atoms with Gasteiger partial charge in [-0.25, -0.2) is 9.37 Å². The van der Waals surface area contributed by atoms with Gasteiger partial charge in [-0.05, 0) is 35.9 Å². The lowest BCUT2D eigenvalue weighted by molar-refractivity contribution is 0.288. The maximum atomic E-state index is 14.4. The number of ether oxygens (including phenoxy) is 2. The van der Waals surface area contributed by atoms with E-state index >= 15 is 0 Å². The maximum Gasteiger partial charge on any atom is 0.187 e. The fourth-order valence-corrected chi connectivity index (χ4v) is 3.23. The van der Waals surface area contributed by atoms with Crippen LogP contribution in [0.25, 0.3) is 10.9 Å². The fraction of sp³-hybridized carbons (Fsp3) is 0.0833. The summed E-state index contributed by atoms with van der Waals surface area (Å²) in [5.74, 6) is 0.431. The molecule has 0 saturated carbocycles. The molecule has 0 aliphatic carbocycles. The molecular weight excluding hydrogens is 395 g/mol. The molecule has 0 atom stereocenters. The number of nitrogens with zero attached hydrogens (tertiary/aromatic N) is 2. The van der Waals surface area contributed by atoms with Gasteiger partial charge in [-0.2, -0.15) is 5.26 Å². The van der Waals surface area contributed by atoms with E-state index in [1.54, 1.807) is 19.2 Å². The van der Waals surface area contributed by atoms with Crippen molar-refractivity contribution in [2.24, 2.45) is 0 Å². The van der Waals surface area contributed by atoms with Gasteiger partial charge < -0.3 is 20.5 Å². The molecule has 0 aliphatic rings. The lowest BCUT2D eigenvalue weighted by Crippen LogP contribution is -2.03. The zero-order valence-corrected chi connectivity index (χ0v) is 16.7. The predicted molar refractivity (Wildman–Crippen MR) is 118 cm³/mol. The number of nitrogens with one attached hydrogen (secondary N) is 1. The van der Waals surface area contributed by atoms with Crippen LogP contribution in [0.3, 0.4) is 0 Å². The molecule has 0 aliphatic heterocycles. The number of benzene rings is 3. The van der Waals surface area contributed by atoms with E-state index in [1.807, 2.05) is 36.4 Å². The van der Waals surface area contributed by atoms with Gasteiger partial charge in [-0.3, -0.25) is 0 Å². The Labute approximate surface area is 178 Å². The van der Waals surface area contributed by atoms with Crippen molar-refractivity contribution in [2.75, 3.05) is 18.2 Å². The Balaban J connectivity index is 1.77. The number of anilines is 3. The minimum absolute atomic E-state index is 0.195. The first-order valence-corrected chi connectivity index (χ1v) is 9.49. The summed E-state index contributed by atoms with van der Waals surface area (Å²) in [6.07, 6.45) is 1.49. The summed E-state index contributed by atoms with van der Waals surface area (Å²) in [5, 5.41) is 12.6. The Bertz CT molecular complexity index is 1290. The Morgan fingerprint density at radius 3 is 2.65 bits per heavy atom. The van der Waals surface area contributed by atoms with Crippen LogP contribution in [0, 0.1) is 17.1 Å². The molecule has 0 spiro atoms. The molecule has 0 saturated heterocycles.